The fourth-order valence-corrected chi connectivity index (χ4v) is 4.35. The molecule has 142 valence electrons. The molecule has 4 rings (SSSR count). The maximum atomic E-state index is 10.4. The second-order valence-corrected chi connectivity index (χ2v) is 8.05. The van der Waals surface area contributed by atoms with Crippen LogP contribution < -0.4 is 5.32 Å². The van der Waals surface area contributed by atoms with Gasteiger partial charge in [-0.2, -0.15) is 0 Å². The summed E-state index contributed by atoms with van der Waals surface area (Å²) in [5, 5.41) is 14.3. The van der Waals surface area contributed by atoms with Crippen LogP contribution in [0.3, 0.4) is 0 Å². The lowest BCUT2D eigenvalue weighted by molar-refractivity contribution is 0.103. The third kappa shape index (κ3) is 3.78. The Balaban J connectivity index is 1.69. The van der Waals surface area contributed by atoms with E-state index in [1.165, 1.54) is 5.56 Å². The molecule has 2 aromatic carbocycles. The van der Waals surface area contributed by atoms with Gasteiger partial charge in [0.15, 0.2) is 0 Å². The van der Waals surface area contributed by atoms with Gasteiger partial charge in [0.2, 0.25) is 0 Å². The summed E-state index contributed by atoms with van der Waals surface area (Å²) in [7, 11) is 0. The third-order valence-corrected chi connectivity index (χ3v) is 5.96. The van der Waals surface area contributed by atoms with E-state index < -0.39 is 0 Å². The Kier molecular flexibility index (Phi) is 5.02. The van der Waals surface area contributed by atoms with Gasteiger partial charge in [-0.05, 0) is 44.4 Å². The Morgan fingerprint density at radius 1 is 1.04 bits per heavy atom. The molecule has 1 spiro atoms. The average Bonchev–Trinajstić information content (AvgIpc) is 2.69. The molecular weight excluding hydrogens is 334 g/mol. The summed E-state index contributed by atoms with van der Waals surface area (Å²) in [4.78, 5) is 7.71. The van der Waals surface area contributed by atoms with E-state index in [4.69, 9.17) is 4.99 Å². The molecule has 0 aromatic heterocycles. The molecule has 2 heterocycles. The van der Waals surface area contributed by atoms with Crippen molar-refractivity contribution in [2.45, 2.75) is 50.9 Å². The van der Waals surface area contributed by atoms with Gasteiger partial charge in [-0.3, -0.25) is 10.3 Å². The van der Waals surface area contributed by atoms with Crippen LogP contribution in [0.2, 0.25) is 0 Å². The van der Waals surface area contributed by atoms with Gasteiger partial charge >= 0.3 is 0 Å². The second kappa shape index (κ2) is 7.45. The summed E-state index contributed by atoms with van der Waals surface area (Å²) >= 11 is 0. The number of nitrogens with one attached hydrogen (secondary N) is 1. The molecule has 0 saturated carbocycles. The minimum Gasteiger partial charge on any atom is -0.507 e. The van der Waals surface area contributed by atoms with Gasteiger partial charge in [0.25, 0.3) is 0 Å². The van der Waals surface area contributed by atoms with E-state index in [1.54, 1.807) is 6.07 Å². The van der Waals surface area contributed by atoms with Crippen LogP contribution in [-0.2, 0) is 0 Å². The fourth-order valence-electron chi connectivity index (χ4n) is 4.35. The zero-order valence-electron chi connectivity index (χ0n) is 16.2. The maximum Gasteiger partial charge on any atom is 0.124 e. The normalized spacial score (nSPS) is 22.8. The predicted octanol–water partition coefficient (Wildman–Crippen LogP) is 4.12. The number of piperidine rings is 1. The van der Waals surface area contributed by atoms with E-state index in [0.717, 1.165) is 43.6 Å². The summed E-state index contributed by atoms with van der Waals surface area (Å²) in [6, 6.07) is 19.0. The van der Waals surface area contributed by atoms with Crippen molar-refractivity contribution in [1.82, 2.24) is 10.2 Å². The molecule has 4 nitrogen and oxygen atoms in total. The molecule has 2 N–H and O–H groups in total. The maximum absolute atomic E-state index is 10.4. The van der Waals surface area contributed by atoms with E-state index in [2.05, 4.69) is 54.4 Å². The molecule has 1 unspecified atom stereocenters. The number of phenols is 1. The van der Waals surface area contributed by atoms with E-state index in [1.807, 2.05) is 18.2 Å². The highest BCUT2D eigenvalue weighted by Gasteiger charge is 2.40. The Labute approximate surface area is 161 Å². The van der Waals surface area contributed by atoms with Crippen LogP contribution in [0.5, 0.6) is 5.75 Å². The zero-order valence-corrected chi connectivity index (χ0v) is 16.2. The van der Waals surface area contributed by atoms with Gasteiger partial charge in [0, 0.05) is 42.9 Å². The Morgan fingerprint density at radius 3 is 2.37 bits per heavy atom. The summed E-state index contributed by atoms with van der Waals surface area (Å²) in [5.74, 6) is 0.319. The second-order valence-electron chi connectivity index (χ2n) is 8.05. The lowest BCUT2D eigenvalue weighted by Gasteiger charge is -2.46. The van der Waals surface area contributed by atoms with E-state index in [-0.39, 0.29) is 11.7 Å². The van der Waals surface area contributed by atoms with Gasteiger partial charge in [0.1, 0.15) is 11.4 Å². The number of aliphatic imine (C=N–C) groups is 1. The first-order valence-electron chi connectivity index (χ1n) is 10.0. The number of rotatable bonds is 3. The molecule has 2 aliphatic heterocycles. The lowest BCUT2D eigenvalue weighted by atomic mass is 9.87. The molecule has 2 aliphatic rings. The summed E-state index contributed by atoms with van der Waals surface area (Å²) < 4.78 is 0. The fraction of sp³-hybridized carbons (Fsp3) is 0.435. The molecule has 0 aliphatic carbocycles. The molecule has 0 bridgehead atoms. The van der Waals surface area contributed by atoms with Gasteiger partial charge in [0.05, 0.1) is 0 Å². The number of nitrogens with zero attached hydrogens (tertiary/aromatic N) is 2. The largest absolute Gasteiger partial charge is 0.507 e. The van der Waals surface area contributed by atoms with Gasteiger partial charge < -0.3 is 10.0 Å². The number of likely N-dealkylation sites (tertiary alicyclic amines) is 1. The van der Waals surface area contributed by atoms with Crippen molar-refractivity contribution >= 4 is 5.71 Å². The van der Waals surface area contributed by atoms with Crippen LogP contribution in [0.25, 0.3) is 0 Å². The van der Waals surface area contributed by atoms with Crippen LogP contribution in [0, 0.1) is 0 Å². The van der Waals surface area contributed by atoms with Crippen LogP contribution in [-0.4, -0.2) is 40.5 Å². The van der Waals surface area contributed by atoms with Crippen molar-refractivity contribution in [1.29, 1.82) is 0 Å². The zero-order chi connectivity index (χ0) is 18.9. The number of aromatic hydroxyl groups is 1. The first kappa shape index (κ1) is 18.2. The average molecular weight is 364 g/mol. The van der Waals surface area contributed by atoms with Crippen LogP contribution in [0.15, 0.2) is 59.6 Å². The Hall–Kier alpha value is -2.17. The minimum atomic E-state index is -0.248. The molecule has 1 atom stereocenters. The minimum absolute atomic E-state index is 0.212. The summed E-state index contributed by atoms with van der Waals surface area (Å²) in [5.41, 5.74) is 2.91. The van der Waals surface area contributed by atoms with Gasteiger partial charge in [-0.15, -0.1) is 0 Å². The smallest absolute Gasteiger partial charge is 0.124 e. The van der Waals surface area contributed by atoms with E-state index in [0.29, 0.717) is 11.8 Å². The molecular formula is C23H29N3O. The number of benzene rings is 2. The van der Waals surface area contributed by atoms with Crippen LogP contribution >= 0.6 is 0 Å². The quantitative estimate of drug-likeness (QED) is 0.862. The third-order valence-electron chi connectivity index (χ3n) is 5.96. The monoisotopic (exact) mass is 363 g/mol. The number of hydrogen-bond donors (Lipinski definition) is 2. The molecule has 27 heavy (non-hydrogen) atoms. The van der Waals surface area contributed by atoms with Crippen LogP contribution in [0.4, 0.5) is 0 Å². The molecule has 0 amide bonds. The highest BCUT2D eigenvalue weighted by atomic mass is 16.3. The molecule has 4 heteroatoms. The summed E-state index contributed by atoms with van der Waals surface area (Å²) in [6.45, 7) is 6.61. The molecule has 2 aromatic rings. The van der Waals surface area contributed by atoms with Crippen molar-refractivity contribution in [3.05, 3.63) is 65.7 Å². The van der Waals surface area contributed by atoms with Crippen molar-refractivity contribution in [3.63, 3.8) is 0 Å². The first-order chi connectivity index (χ1) is 13.1. The molecule has 0 radical (unpaired) electrons. The van der Waals surface area contributed by atoms with E-state index >= 15 is 0 Å². The first-order valence-corrected chi connectivity index (χ1v) is 10.0. The predicted molar refractivity (Wildman–Crippen MR) is 110 cm³/mol. The van der Waals surface area contributed by atoms with Gasteiger partial charge in [-0.25, -0.2) is 0 Å². The Bertz CT molecular complexity index is 807. The summed E-state index contributed by atoms with van der Waals surface area (Å²) in [6.07, 6.45) is 2.77. The highest BCUT2D eigenvalue weighted by Crippen LogP contribution is 2.36. The Morgan fingerprint density at radius 2 is 1.70 bits per heavy atom. The lowest BCUT2D eigenvalue weighted by Crippen LogP contribution is -2.56. The number of phenolic OH excluding ortho intramolecular Hbond substituents is 1. The van der Waals surface area contributed by atoms with Crippen molar-refractivity contribution in [2.24, 2.45) is 4.99 Å². The van der Waals surface area contributed by atoms with E-state index in [9.17, 15) is 5.11 Å². The van der Waals surface area contributed by atoms with Gasteiger partial charge in [-0.1, -0.05) is 42.5 Å². The molecule has 1 saturated heterocycles. The highest BCUT2D eigenvalue weighted by molar-refractivity contribution is 6.03. The van der Waals surface area contributed by atoms with Crippen molar-refractivity contribution in [2.75, 3.05) is 13.1 Å². The SMILES string of the molecule is CC(C)N1CCC2(CC1)N=C(c1ccccc1O)CC(c1ccccc1)N2. The van der Waals surface area contributed by atoms with Crippen molar-refractivity contribution in [3.8, 4) is 5.75 Å². The number of hydrogen-bond acceptors (Lipinski definition) is 4. The topological polar surface area (TPSA) is 47.9 Å². The molecule has 1 fully saturated rings. The number of para-hydroxylation sites is 1. The van der Waals surface area contributed by atoms with Crippen LogP contribution in [0.1, 0.15) is 50.3 Å². The van der Waals surface area contributed by atoms with Crippen molar-refractivity contribution < 1.29 is 5.11 Å². The standard InChI is InChI=1S/C23H29N3O/c1-17(2)26-14-12-23(13-15-26)24-20(18-8-4-3-5-9-18)16-21(25-23)19-10-6-7-11-22(19)27/h3-11,17,20,24,27H,12-16H2,1-2H3.